The Kier molecular flexibility index (Phi) is 5.77. The third kappa shape index (κ3) is 4.19. The smallest absolute Gasteiger partial charge is 0.255 e. The van der Waals surface area contributed by atoms with E-state index in [2.05, 4.69) is 5.32 Å². The van der Waals surface area contributed by atoms with Crippen molar-refractivity contribution in [1.82, 2.24) is 0 Å². The first-order valence-electron chi connectivity index (χ1n) is 9.70. The van der Waals surface area contributed by atoms with Crippen molar-refractivity contribution in [3.05, 3.63) is 90.0 Å². The lowest BCUT2D eigenvalue weighted by molar-refractivity contribution is -0.115. The molecule has 1 saturated heterocycles. The molecule has 0 bridgehead atoms. The van der Waals surface area contributed by atoms with E-state index in [9.17, 15) is 9.59 Å². The highest BCUT2D eigenvalue weighted by Crippen LogP contribution is 2.42. The molecular formula is C24H23N3O2S. The maximum Gasteiger partial charge on any atom is 0.255 e. The Morgan fingerprint density at radius 1 is 1.00 bits per heavy atom. The maximum atomic E-state index is 12.6. The van der Waals surface area contributed by atoms with E-state index in [1.165, 1.54) is 0 Å². The average Bonchev–Trinajstić information content (AvgIpc) is 3.16. The van der Waals surface area contributed by atoms with Gasteiger partial charge in [-0.3, -0.25) is 14.5 Å². The van der Waals surface area contributed by atoms with E-state index in [0.29, 0.717) is 17.0 Å². The Morgan fingerprint density at radius 3 is 2.43 bits per heavy atom. The van der Waals surface area contributed by atoms with Gasteiger partial charge in [-0.2, -0.15) is 0 Å². The zero-order valence-electron chi connectivity index (χ0n) is 16.9. The number of nitrogens with one attached hydrogen (secondary N) is 1. The van der Waals surface area contributed by atoms with E-state index in [-0.39, 0.29) is 17.2 Å². The van der Waals surface area contributed by atoms with Crippen molar-refractivity contribution in [2.75, 3.05) is 35.0 Å². The van der Waals surface area contributed by atoms with Crippen LogP contribution >= 0.6 is 11.8 Å². The topological polar surface area (TPSA) is 52.6 Å². The van der Waals surface area contributed by atoms with Gasteiger partial charge in [0.15, 0.2) is 0 Å². The van der Waals surface area contributed by atoms with Crippen molar-refractivity contribution in [3.8, 4) is 0 Å². The number of benzene rings is 3. The molecule has 1 N–H and O–H groups in total. The predicted molar refractivity (Wildman–Crippen MR) is 124 cm³/mol. The highest BCUT2D eigenvalue weighted by molar-refractivity contribution is 8.00. The lowest BCUT2D eigenvalue weighted by Crippen LogP contribution is -2.27. The molecule has 1 aliphatic rings. The lowest BCUT2D eigenvalue weighted by Gasteiger charge is -2.25. The number of thioether (sulfide) groups is 1. The van der Waals surface area contributed by atoms with Crippen LogP contribution in [-0.4, -0.2) is 31.7 Å². The molecule has 30 heavy (non-hydrogen) atoms. The van der Waals surface area contributed by atoms with Crippen LogP contribution in [0.15, 0.2) is 78.9 Å². The van der Waals surface area contributed by atoms with E-state index in [0.717, 1.165) is 16.9 Å². The Morgan fingerprint density at radius 2 is 1.73 bits per heavy atom. The second-order valence-corrected chi connectivity index (χ2v) is 8.35. The number of anilines is 3. The molecular weight excluding hydrogens is 394 g/mol. The molecule has 2 amide bonds. The third-order valence-corrected chi connectivity index (χ3v) is 6.19. The number of amides is 2. The minimum atomic E-state index is -0.154. The molecule has 6 heteroatoms. The Labute approximate surface area is 180 Å². The largest absolute Gasteiger partial charge is 0.378 e. The van der Waals surface area contributed by atoms with E-state index < -0.39 is 0 Å². The molecule has 0 aromatic heterocycles. The lowest BCUT2D eigenvalue weighted by atomic mass is 10.1. The first-order valence-corrected chi connectivity index (χ1v) is 10.8. The quantitative estimate of drug-likeness (QED) is 0.649. The molecule has 5 nitrogen and oxygen atoms in total. The number of hydrogen-bond donors (Lipinski definition) is 1. The van der Waals surface area contributed by atoms with Gasteiger partial charge in [-0.25, -0.2) is 0 Å². The summed E-state index contributed by atoms with van der Waals surface area (Å²) in [5.41, 5.74) is 4.26. The summed E-state index contributed by atoms with van der Waals surface area (Å²) in [5, 5.41) is 2.82. The zero-order valence-corrected chi connectivity index (χ0v) is 17.7. The van der Waals surface area contributed by atoms with Crippen LogP contribution in [-0.2, 0) is 4.79 Å². The van der Waals surface area contributed by atoms with E-state index in [1.807, 2.05) is 90.6 Å². The molecule has 3 aromatic carbocycles. The van der Waals surface area contributed by atoms with Crippen molar-refractivity contribution in [2.45, 2.75) is 5.37 Å². The molecule has 0 saturated carbocycles. The highest BCUT2D eigenvalue weighted by atomic mass is 32.2. The summed E-state index contributed by atoms with van der Waals surface area (Å²) >= 11 is 1.59. The van der Waals surface area contributed by atoms with E-state index >= 15 is 0 Å². The van der Waals surface area contributed by atoms with Crippen LogP contribution < -0.4 is 15.1 Å². The molecule has 1 aliphatic heterocycles. The molecule has 1 fully saturated rings. The summed E-state index contributed by atoms with van der Waals surface area (Å²) in [6.45, 7) is 0. The van der Waals surface area contributed by atoms with Gasteiger partial charge in [0.05, 0.1) is 5.75 Å². The molecule has 1 heterocycles. The monoisotopic (exact) mass is 417 g/mol. The minimum Gasteiger partial charge on any atom is -0.378 e. The number of carbonyl (C=O) groups excluding carboxylic acids is 2. The van der Waals surface area contributed by atoms with Gasteiger partial charge >= 0.3 is 0 Å². The fraction of sp³-hybridized carbons (Fsp3) is 0.167. The number of hydrogen-bond acceptors (Lipinski definition) is 4. The van der Waals surface area contributed by atoms with Gasteiger partial charge in [-0.1, -0.05) is 30.3 Å². The van der Waals surface area contributed by atoms with Gasteiger partial charge in [-0.05, 0) is 54.1 Å². The van der Waals surface area contributed by atoms with Crippen LogP contribution in [0.2, 0.25) is 0 Å². The summed E-state index contributed by atoms with van der Waals surface area (Å²) in [4.78, 5) is 29.0. The van der Waals surface area contributed by atoms with Crippen molar-refractivity contribution in [1.29, 1.82) is 0 Å². The fourth-order valence-electron chi connectivity index (χ4n) is 3.42. The molecule has 152 valence electrons. The minimum absolute atomic E-state index is 0.0846. The van der Waals surface area contributed by atoms with Gasteiger partial charge in [0.25, 0.3) is 5.91 Å². The first kappa shape index (κ1) is 20.0. The van der Waals surface area contributed by atoms with Crippen molar-refractivity contribution in [3.63, 3.8) is 0 Å². The number of rotatable bonds is 5. The number of nitrogens with zero attached hydrogens (tertiary/aromatic N) is 2. The summed E-state index contributed by atoms with van der Waals surface area (Å²) in [5.74, 6) is 0.362. The molecule has 1 unspecified atom stereocenters. The Hall–Kier alpha value is -3.25. The summed E-state index contributed by atoms with van der Waals surface area (Å²) in [7, 11) is 3.98. The Balaban J connectivity index is 1.57. The molecule has 0 aliphatic carbocycles. The molecule has 3 aromatic rings. The number of carbonyl (C=O) groups is 2. The predicted octanol–water partition coefficient (Wildman–Crippen LogP) is 4.78. The first-order chi connectivity index (χ1) is 14.5. The van der Waals surface area contributed by atoms with Gasteiger partial charge < -0.3 is 10.2 Å². The average molecular weight is 418 g/mol. The van der Waals surface area contributed by atoms with Crippen LogP contribution in [0.1, 0.15) is 21.3 Å². The molecule has 1 atom stereocenters. The normalized spacial score (nSPS) is 15.9. The van der Waals surface area contributed by atoms with Crippen LogP contribution in [0.3, 0.4) is 0 Å². The SMILES string of the molecule is CN(C)c1ccc(N2C(=O)CSC2c2cccc(NC(=O)c3ccccc3)c2)cc1. The van der Waals surface area contributed by atoms with Crippen LogP contribution in [0.25, 0.3) is 0 Å². The second kappa shape index (κ2) is 8.63. The van der Waals surface area contributed by atoms with Crippen molar-refractivity contribution >= 4 is 40.6 Å². The molecule has 4 rings (SSSR count). The van der Waals surface area contributed by atoms with Crippen molar-refractivity contribution in [2.24, 2.45) is 0 Å². The van der Waals surface area contributed by atoms with E-state index in [1.54, 1.807) is 23.9 Å². The highest BCUT2D eigenvalue weighted by Gasteiger charge is 2.34. The van der Waals surface area contributed by atoms with Gasteiger partial charge in [0.2, 0.25) is 5.91 Å². The summed E-state index contributed by atoms with van der Waals surface area (Å²) in [6.07, 6.45) is 0. The maximum absolute atomic E-state index is 12.6. The summed E-state index contributed by atoms with van der Waals surface area (Å²) in [6, 6.07) is 24.8. The standard InChI is InChI=1S/C24H23N3O2S/c1-26(2)20-11-13-21(14-12-20)27-22(28)16-30-24(27)18-9-6-10-19(15-18)25-23(29)17-7-4-3-5-8-17/h3-15,24H,16H2,1-2H3,(H,25,29). The zero-order chi connectivity index (χ0) is 21.1. The van der Waals surface area contributed by atoms with Crippen LogP contribution in [0.5, 0.6) is 0 Å². The van der Waals surface area contributed by atoms with Crippen LogP contribution in [0, 0.1) is 0 Å². The summed E-state index contributed by atoms with van der Waals surface area (Å²) < 4.78 is 0. The van der Waals surface area contributed by atoms with Gasteiger partial charge in [0.1, 0.15) is 5.37 Å². The molecule has 0 radical (unpaired) electrons. The van der Waals surface area contributed by atoms with E-state index in [4.69, 9.17) is 0 Å². The van der Waals surface area contributed by atoms with Gasteiger partial charge in [-0.15, -0.1) is 11.8 Å². The Bertz CT molecular complexity index is 1050. The van der Waals surface area contributed by atoms with Gasteiger partial charge in [0, 0.05) is 36.7 Å². The van der Waals surface area contributed by atoms with Crippen LogP contribution in [0.4, 0.5) is 17.1 Å². The fourth-order valence-corrected chi connectivity index (χ4v) is 4.59. The van der Waals surface area contributed by atoms with Crippen molar-refractivity contribution < 1.29 is 9.59 Å². The second-order valence-electron chi connectivity index (χ2n) is 7.28. The molecule has 0 spiro atoms. The third-order valence-electron chi connectivity index (χ3n) is 4.98.